The van der Waals surface area contributed by atoms with Gasteiger partial charge < -0.3 is 9.84 Å². The highest BCUT2D eigenvalue weighted by Crippen LogP contribution is 2.45. The standard InChI is InChI=1S/C15H20O2/c1-11-4-5-12-6-7-15(16,14(12)9-11)13-3-2-8-17-10-13/h4-5,9,13,16H,2-3,6-8,10H2,1H3. The fraction of sp³-hybridized carbons (Fsp3) is 0.600. The van der Waals surface area contributed by atoms with Crippen molar-refractivity contribution in [1.82, 2.24) is 0 Å². The highest BCUT2D eigenvalue weighted by Gasteiger charge is 2.43. The molecule has 1 aliphatic heterocycles. The third-order valence-electron chi connectivity index (χ3n) is 4.34. The second-order valence-electron chi connectivity index (χ2n) is 5.50. The number of aryl methyl sites for hydroxylation is 2. The van der Waals surface area contributed by atoms with Gasteiger partial charge in [-0.3, -0.25) is 0 Å². The average molecular weight is 232 g/mol. The summed E-state index contributed by atoms with van der Waals surface area (Å²) in [6.07, 6.45) is 4.03. The zero-order valence-electron chi connectivity index (χ0n) is 10.4. The van der Waals surface area contributed by atoms with Gasteiger partial charge in [-0.2, -0.15) is 0 Å². The fourth-order valence-electron chi connectivity index (χ4n) is 3.31. The number of ether oxygens (including phenoxy) is 1. The minimum atomic E-state index is -0.637. The van der Waals surface area contributed by atoms with Crippen molar-refractivity contribution < 1.29 is 9.84 Å². The molecule has 1 N–H and O–H groups in total. The van der Waals surface area contributed by atoms with E-state index in [2.05, 4.69) is 25.1 Å². The molecule has 2 unspecified atom stereocenters. The fourth-order valence-corrected chi connectivity index (χ4v) is 3.31. The summed E-state index contributed by atoms with van der Waals surface area (Å²) >= 11 is 0. The Balaban J connectivity index is 1.97. The van der Waals surface area contributed by atoms with Gasteiger partial charge in [-0.15, -0.1) is 0 Å². The first-order valence-corrected chi connectivity index (χ1v) is 6.60. The van der Waals surface area contributed by atoms with Crippen LogP contribution in [-0.2, 0) is 16.8 Å². The molecule has 0 bridgehead atoms. The first-order valence-electron chi connectivity index (χ1n) is 6.60. The summed E-state index contributed by atoms with van der Waals surface area (Å²) in [6.45, 7) is 3.66. The maximum absolute atomic E-state index is 11.0. The molecule has 1 aromatic rings. The van der Waals surface area contributed by atoms with Gasteiger partial charge in [0.1, 0.15) is 0 Å². The third-order valence-corrected chi connectivity index (χ3v) is 4.34. The van der Waals surface area contributed by atoms with E-state index in [9.17, 15) is 5.11 Å². The van der Waals surface area contributed by atoms with Crippen LogP contribution in [0.3, 0.4) is 0 Å². The summed E-state index contributed by atoms with van der Waals surface area (Å²) in [6, 6.07) is 6.48. The van der Waals surface area contributed by atoms with E-state index in [0.717, 1.165) is 37.9 Å². The molecule has 1 saturated heterocycles. The van der Waals surface area contributed by atoms with E-state index in [4.69, 9.17) is 4.74 Å². The topological polar surface area (TPSA) is 29.5 Å². The summed E-state index contributed by atoms with van der Waals surface area (Å²) < 4.78 is 5.54. The average Bonchev–Trinajstić information content (AvgIpc) is 2.70. The zero-order chi connectivity index (χ0) is 11.9. The lowest BCUT2D eigenvalue weighted by molar-refractivity contribution is -0.0828. The van der Waals surface area contributed by atoms with Crippen LogP contribution in [0.15, 0.2) is 18.2 Å². The zero-order valence-corrected chi connectivity index (χ0v) is 10.4. The Kier molecular flexibility index (Phi) is 2.72. The van der Waals surface area contributed by atoms with Crippen LogP contribution < -0.4 is 0 Å². The van der Waals surface area contributed by atoms with Crippen molar-refractivity contribution in [2.75, 3.05) is 13.2 Å². The number of hydrogen-bond acceptors (Lipinski definition) is 2. The lowest BCUT2D eigenvalue weighted by Crippen LogP contribution is -2.38. The maximum atomic E-state index is 11.0. The molecule has 0 radical (unpaired) electrons. The van der Waals surface area contributed by atoms with Crippen LogP contribution in [0.25, 0.3) is 0 Å². The van der Waals surface area contributed by atoms with Crippen LogP contribution in [0, 0.1) is 12.8 Å². The van der Waals surface area contributed by atoms with Crippen molar-refractivity contribution in [2.45, 2.75) is 38.2 Å². The van der Waals surface area contributed by atoms with Crippen LogP contribution in [-0.4, -0.2) is 18.3 Å². The normalized spacial score (nSPS) is 32.5. The van der Waals surface area contributed by atoms with Crippen LogP contribution in [0.4, 0.5) is 0 Å². The van der Waals surface area contributed by atoms with Crippen molar-refractivity contribution in [3.8, 4) is 0 Å². The van der Waals surface area contributed by atoms with E-state index in [-0.39, 0.29) is 5.92 Å². The first-order chi connectivity index (χ1) is 8.20. The van der Waals surface area contributed by atoms with E-state index in [0.29, 0.717) is 6.61 Å². The summed E-state index contributed by atoms with van der Waals surface area (Å²) in [7, 11) is 0. The molecular formula is C15H20O2. The molecule has 2 aliphatic rings. The van der Waals surface area contributed by atoms with Crippen LogP contribution in [0.1, 0.15) is 36.0 Å². The van der Waals surface area contributed by atoms with Gasteiger partial charge in [0.2, 0.25) is 0 Å². The summed E-state index contributed by atoms with van der Waals surface area (Å²) in [5.74, 6) is 0.277. The van der Waals surface area contributed by atoms with E-state index in [1.54, 1.807) is 0 Å². The molecule has 1 aliphatic carbocycles. The Hall–Kier alpha value is -0.860. The molecule has 2 nitrogen and oxygen atoms in total. The van der Waals surface area contributed by atoms with Crippen LogP contribution in [0.2, 0.25) is 0 Å². The van der Waals surface area contributed by atoms with Gasteiger partial charge in [0.15, 0.2) is 0 Å². The van der Waals surface area contributed by atoms with Crippen LogP contribution in [0.5, 0.6) is 0 Å². The van der Waals surface area contributed by atoms with E-state index < -0.39 is 5.60 Å². The minimum Gasteiger partial charge on any atom is -0.385 e. The highest BCUT2D eigenvalue weighted by molar-refractivity contribution is 5.40. The second-order valence-corrected chi connectivity index (χ2v) is 5.50. The second kappa shape index (κ2) is 4.11. The van der Waals surface area contributed by atoms with Crippen molar-refractivity contribution in [3.63, 3.8) is 0 Å². The first kappa shape index (κ1) is 11.2. The summed E-state index contributed by atoms with van der Waals surface area (Å²) in [4.78, 5) is 0. The molecular weight excluding hydrogens is 212 g/mol. The van der Waals surface area contributed by atoms with Crippen molar-refractivity contribution >= 4 is 0 Å². The molecule has 1 fully saturated rings. The molecule has 2 atom stereocenters. The van der Waals surface area contributed by atoms with Gasteiger partial charge in [0, 0.05) is 12.5 Å². The van der Waals surface area contributed by atoms with Gasteiger partial charge in [0.05, 0.1) is 12.2 Å². The lowest BCUT2D eigenvalue weighted by Gasteiger charge is -2.36. The molecule has 1 aromatic carbocycles. The van der Waals surface area contributed by atoms with Crippen molar-refractivity contribution in [2.24, 2.45) is 5.92 Å². The van der Waals surface area contributed by atoms with Gasteiger partial charge in [-0.1, -0.05) is 23.8 Å². The monoisotopic (exact) mass is 232 g/mol. The maximum Gasteiger partial charge on any atom is 0.0952 e. The number of benzene rings is 1. The highest BCUT2D eigenvalue weighted by atomic mass is 16.5. The molecule has 17 heavy (non-hydrogen) atoms. The molecule has 3 rings (SSSR count). The Morgan fingerprint density at radius 3 is 3.06 bits per heavy atom. The SMILES string of the molecule is Cc1ccc2c(c1)C(O)(C1CCCOC1)CC2. The Morgan fingerprint density at radius 1 is 1.41 bits per heavy atom. The third kappa shape index (κ3) is 1.80. The summed E-state index contributed by atoms with van der Waals surface area (Å²) in [5.41, 5.74) is 3.08. The lowest BCUT2D eigenvalue weighted by atomic mass is 9.79. The molecule has 0 spiro atoms. The van der Waals surface area contributed by atoms with Crippen LogP contribution >= 0.6 is 0 Å². The quantitative estimate of drug-likeness (QED) is 0.806. The van der Waals surface area contributed by atoms with Gasteiger partial charge in [0.25, 0.3) is 0 Å². The number of hydrogen-bond donors (Lipinski definition) is 1. The summed E-state index contributed by atoms with van der Waals surface area (Å²) in [5, 5.41) is 11.0. The molecule has 92 valence electrons. The van der Waals surface area contributed by atoms with E-state index in [1.807, 2.05) is 0 Å². The molecule has 2 heteroatoms. The predicted molar refractivity (Wildman–Crippen MR) is 66.9 cm³/mol. The smallest absolute Gasteiger partial charge is 0.0952 e. The Bertz CT molecular complexity index is 421. The Labute approximate surface area is 103 Å². The molecule has 0 aromatic heterocycles. The Morgan fingerprint density at radius 2 is 2.29 bits per heavy atom. The van der Waals surface area contributed by atoms with Gasteiger partial charge in [-0.05, 0) is 43.7 Å². The number of rotatable bonds is 1. The van der Waals surface area contributed by atoms with E-state index >= 15 is 0 Å². The van der Waals surface area contributed by atoms with Gasteiger partial charge >= 0.3 is 0 Å². The molecule has 0 saturated carbocycles. The van der Waals surface area contributed by atoms with E-state index in [1.165, 1.54) is 11.1 Å². The van der Waals surface area contributed by atoms with Crippen molar-refractivity contribution in [3.05, 3.63) is 34.9 Å². The minimum absolute atomic E-state index is 0.277. The number of aliphatic hydroxyl groups is 1. The van der Waals surface area contributed by atoms with Gasteiger partial charge in [-0.25, -0.2) is 0 Å². The molecule has 1 heterocycles. The van der Waals surface area contributed by atoms with Crippen molar-refractivity contribution in [1.29, 1.82) is 0 Å². The molecule has 0 amide bonds. The predicted octanol–water partition coefficient (Wildman–Crippen LogP) is 2.56. The largest absolute Gasteiger partial charge is 0.385 e. The number of fused-ring (bicyclic) bond motifs is 1.